The quantitative estimate of drug-likeness (QED) is 0.438. The summed E-state index contributed by atoms with van der Waals surface area (Å²) < 4.78 is 11.4. The predicted octanol–water partition coefficient (Wildman–Crippen LogP) is 3.26. The highest BCUT2D eigenvalue weighted by molar-refractivity contribution is 5.43. The molecule has 0 aliphatic heterocycles. The Balaban J connectivity index is 1.51. The molecular formula is C26H34N4O3. The number of aliphatic hydroxyl groups is 1. The summed E-state index contributed by atoms with van der Waals surface area (Å²) in [5, 5.41) is 13.8. The minimum Gasteiger partial charge on any atom is -0.493 e. The van der Waals surface area contributed by atoms with Crippen LogP contribution in [0.25, 0.3) is 0 Å². The number of aromatic nitrogens is 2. The van der Waals surface area contributed by atoms with Crippen molar-refractivity contribution in [2.24, 2.45) is 0 Å². The molecular weight excluding hydrogens is 416 g/mol. The van der Waals surface area contributed by atoms with E-state index in [0.29, 0.717) is 31.1 Å². The third-order valence-electron chi connectivity index (χ3n) is 5.12. The molecule has 0 amide bonds. The lowest BCUT2D eigenvalue weighted by Crippen LogP contribution is -2.32. The number of aliphatic hydroxyl groups excluding tert-OH is 1. The second kappa shape index (κ2) is 12.3. The molecule has 2 N–H and O–H groups in total. The van der Waals surface area contributed by atoms with Crippen molar-refractivity contribution in [3.8, 4) is 11.5 Å². The van der Waals surface area contributed by atoms with Gasteiger partial charge in [0.15, 0.2) is 11.5 Å². The van der Waals surface area contributed by atoms with Crippen LogP contribution in [0.15, 0.2) is 54.6 Å². The van der Waals surface area contributed by atoms with E-state index in [0.717, 1.165) is 29.3 Å². The average Bonchev–Trinajstić information content (AvgIpc) is 2.78. The monoisotopic (exact) mass is 450 g/mol. The topological polar surface area (TPSA) is 79.7 Å². The number of methoxy groups -OCH3 is 1. The molecule has 0 aliphatic rings. The normalized spacial score (nSPS) is 12.1. The maximum Gasteiger partial charge on any atom is 0.161 e. The van der Waals surface area contributed by atoms with Gasteiger partial charge in [-0.1, -0.05) is 36.4 Å². The molecule has 0 aliphatic carbocycles. The lowest BCUT2D eigenvalue weighted by atomic mass is 10.2. The minimum absolute atomic E-state index is 0.183. The highest BCUT2D eigenvalue weighted by Gasteiger charge is 2.12. The molecule has 3 aromatic rings. The van der Waals surface area contributed by atoms with E-state index in [9.17, 15) is 5.11 Å². The van der Waals surface area contributed by atoms with Gasteiger partial charge in [0.2, 0.25) is 0 Å². The zero-order valence-corrected chi connectivity index (χ0v) is 19.9. The van der Waals surface area contributed by atoms with Crippen LogP contribution < -0.4 is 14.8 Å². The minimum atomic E-state index is -0.619. The zero-order valence-electron chi connectivity index (χ0n) is 19.9. The molecule has 33 heavy (non-hydrogen) atoms. The van der Waals surface area contributed by atoms with Gasteiger partial charge < -0.3 is 19.9 Å². The Kier molecular flexibility index (Phi) is 9.18. The summed E-state index contributed by atoms with van der Waals surface area (Å²) in [6.45, 7) is 6.62. The Labute approximate surface area is 196 Å². The largest absolute Gasteiger partial charge is 0.493 e. The molecule has 0 spiro atoms. The number of hydrogen-bond donors (Lipinski definition) is 2. The third-order valence-corrected chi connectivity index (χ3v) is 5.12. The fourth-order valence-corrected chi connectivity index (χ4v) is 3.70. The van der Waals surface area contributed by atoms with Crippen molar-refractivity contribution in [3.05, 3.63) is 82.9 Å². The van der Waals surface area contributed by atoms with Gasteiger partial charge in [0, 0.05) is 31.0 Å². The second-order valence-electron chi connectivity index (χ2n) is 8.30. The Morgan fingerprint density at radius 3 is 2.36 bits per heavy atom. The Hall–Kier alpha value is -3.00. The van der Waals surface area contributed by atoms with Crippen molar-refractivity contribution in [3.63, 3.8) is 0 Å². The van der Waals surface area contributed by atoms with E-state index in [1.54, 1.807) is 7.11 Å². The maximum absolute atomic E-state index is 10.5. The number of hydrogen-bond acceptors (Lipinski definition) is 7. The van der Waals surface area contributed by atoms with Gasteiger partial charge in [-0.05, 0) is 50.2 Å². The van der Waals surface area contributed by atoms with Gasteiger partial charge in [-0.15, -0.1) is 0 Å². The average molecular weight is 451 g/mol. The first-order chi connectivity index (χ1) is 15.9. The first kappa shape index (κ1) is 24.6. The predicted molar refractivity (Wildman–Crippen MR) is 129 cm³/mol. The summed E-state index contributed by atoms with van der Waals surface area (Å²) in [7, 11) is 3.60. The number of nitrogens with zero attached hydrogens (tertiary/aromatic N) is 3. The molecule has 1 heterocycles. The SMILES string of the molecule is COc1ccc(CNCc2nc(C)cc(C)n2)cc1OCC(O)CN(C)Cc1ccccc1. The van der Waals surface area contributed by atoms with Crippen molar-refractivity contribution >= 4 is 0 Å². The van der Waals surface area contributed by atoms with E-state index in [2.05, 4.69) is 32.3 Å². The molecule has 7 nitrogen and oxygen atoms in total. The lowest BCUT2D eigenvalue weighted by molar-refractivity contribution is 0.0732. The first-order valence-corrected chi connectivity index (χ1v) is 11.1. The van der Waals surface area contributed by atoms with Crippen LogP contribution in [0.3, 0.4) is 0 Å². The standard InChI is InChI=1S/C26H34N4O3/c1-19-12-20(2)29-26(28-19)15-27-14-22-10-11-24(32-4)25(13-22)33-18-23(31)17-30(3)16-21-8-6-5-7-9-21/h5-13,23,27,31H,14-18H2,1-4H3. The number of likely N-dealkylation sites (N-methyl/N-ethyl adjacent to an activating group) is 1. The van der Waals surface area contributed by atoms with Gasteiger partial charge in [0.25, 0.3) is 0 Å². The van der Waals surface area contributed by atoms with Crippen molar-refractivity contribution in [2.45, 2.75) is 39.6 Å². The number of ether oxygens (including phenoxy) is 2. The van der Waals surface area contributed by atoms with E-state index in [4.69, 9.17) is 9.47 Å². The molecule has 3 rings (SSSR count). The zero-order chi connectivity index (χ0) is 23.6. The third kappa shape index (κ3) is 8.13. The van der Waals surface area contributed by atoms with Crippen molar-refractivity contribution in [2.75, 3.05) is 27.3 Å². The van der Waals surface area contributed by atoms with Crippen LogP contribution in [0.4, 0.5) is 0 Å². The maximum atomic E-state index is 10.5. The highest BCUT2D eigenvalue weighted by atomic mass is 16.5. The number of rotatable bonds is 12. The number of nitrogens with one attached hydrogen (secondary N) is 1. The molecule has 0 bridgehead atoms. The van der Waals surface area contributed by atoms with Crippen molar-refractivity contribution < 1.29 is 14.6 Å². The van der Waals surface area contributed by atoms with Gasteiger partial charge in [0.1, 0.15) is 18.5 Å². The molecule has 176 valence electrons. The Bertz CT molecular complexity index is 993. The molecule has 0 radical (unpaired) electrons. The Morgan fingerprint density at radius 1 is 0.939 bits per heavy atom. The van der Waals surface area contributed by atoms with Crippen LogP contribution in [0.2, 0.25) is 0 Å². The van der Waals surface area contributed by atoms with Crippen LogP contribution in [-0.2, 0) is 19.6 Å². The van der Waals surface area contributed by atoms with Gasteiger partial charge in [-0.25, -0.2) is 9.97 Å². The van der Waals surface area contributed by atoms with Gasteiger partial charge >= 0.3 is 0 Å². The van der Waals surface area contributed by atoms with Crippen LogP contribution in [0.1, 0.15) is 28.3 Å². The Morgan fingerprint density at radius 2 is 1.67 bits per heavy atom. The van der Waals surface area contributed by atoms with Crippen LogP contribution in [-0.4, -0.2) is 53.4 Å². The first-order valence-electron chi connectivity index (χ1n) is 11.1. The van der Waals surface area contributed by atoms with Gasteiger partial charge in [-0.3, -0.25) is 4.90 Å². The molecule has 0 saturated carbocycles. The summed E-state index contributed by atoms with van der Waals surface area (Å²) in [4.78, 5) is 11.0. The summed E-state index contributed by atoms with van der Waals surface area (Å²) in [6, 6.07) is 18.0. The van der Waals surface area contributed by atoms with E-state index in [-0.39, 0.29) is 6.61 Å². The lowest BCUT2D eigenvalue weighted by Gasteiger charge is -2.21. The van der Waals surface area contributed by atoms with Crippen LogP contribution in [0, 0.1) is 13.8 Å². The fourth-order valence-electron chi connectivity index (χ4n) is 3.70. The number of benzene rings is 2. The molecule has 2 aromatic carbocycles. The van der Waals surface area contributed by atoms with E-state index < -0.39 is 6.10 Å². The fraction of sp³-hybridized carbons (Fsp3) is 0.385. The highest BCUT2D eigenvalue weighted by Crippen LogP contribution is 2.28. The smallest absolute Gasteiger partial charge is 0.161 e. The summed E-state index contributed by atoms with van der Waals surface area (Å²) in [6.07, 6.45) is -0.619. The van der Waals surface area contributed by atoms with Crippen LogP contribution >= 0.6 is 0 Å². The van der Waals surface area contributed by atoms with E-state index >= 15 is 0 Å². The molecule has 1 atom stereocenters. The summed E-state index contributed by atoms with van der Waals surface area (Å²) >= 11 is 0. The molecule has 1 aromatic heterocycles. The van der Waals surface area contributed by atoms with Crippen molar-refractivity contribution in [1.29, 1.82) is 0 Å². The van der Waals surface area contributed by atoms with Crippen molar-refractivity contribution in [1.82, 2.24) is 20.2 Å². The molecule has 0 saturated heterocycles. The second-order valence-corrected chi connectivity index (χ2v) is 8.30. The van der Waals surface area contributed by atoms with Crippen LogP contribution in [0.5, 0.6) is 11.5 Å². The molecule has 7 heteroatoms. The summed E-state index contributed by atoms with van der Waals surface area (Å²) in [5.41, 5.74) is 4.19. The van der Waals surface area contributed by atoms with E-state index in [1.807, 2.05) is 63.4 Å². The molecule has 1 unspecified atom stereocenters. The van der Waals surface area contributed by atoms with Gasteiger partial charge in [0.05, 0.1) is 13.7 Å². The van der Waals surface area contributed by atoms with E-state index in [1.165, 1.54) is 5.56 Å². The number of aryl methyl sites for hydroxylation is 2. The molecule has 0 fully saturated rings. The summed E-state index contributed by atoms with van der Waals surface area (Å²) in [5.74, 6) is 2.03. The van der Waals surface area contributed by atoms with Gasteiger partial charge in [-0.2, -0.15) is 0 Å².